The Labute approximate surface area is 131 Å². The maximum absolute atomic E-state index is 8.87. The number of benzene rings is 1. The van der Waals surface area contributed by atoms with Crippen LogP contribution in [0.3, 0.4) is 0 Å². The van der Waals surface area contributed by atoms with Crippen LogP contribution in [0.2, 0.25) is 0 Å². The Morgan fingerprint density at radius 1 is 1.30 bits per heavy atom. The Bertz CT molecular complexity index is 834. The molecule has 5 nitrogen and oxygen atoms in total. The molecule has 0 amide bonds. The smallest absolute Gasteiger partial charge is 0.180 e. The monoisotopic (exact) mass is 391 g/mol. The number of hydrogen-bond donors (Lipinski definition) is 1. The third kappa shape index (κ3) is 2.40. The van der Waals surface area contributed by atoms with Crippen LogP contribution in [-0.2, 0) is 0 Å². The second-order valence-corrected chi connectivity index (χ2v) is 5.67. The molecule has 98 valence electrons. The Hall–Kier alpha value is -1.91. The molecule has 0 saturated heterocycles. The molecule has 3 aromatic rings. The number of nitriles is 1. The number of nitrogens with zero attached hydrogens (tertiary/aromatic N) is 4. The molecule has 0 fully saturated rings. The second kappa shape index (κ2) is 5.23. The number of aromatic nitrogens is 3. The van der Waals surface area contributed by atoms with Gasteiger partial charge in [-0.3, -0.25) is 0 Å². The predicted molar refractivity (Wildman–Crippen MR) is 82.8 cm³/mol. The molecule has 0 spiro atoms. The molecule has 2 aromatic heterocycles. The fourth-order valence-corrected chi connectivity index (χ4v) is 2.67. The summed E-state index contributed by atoms with van der Waals surface area (Å²) in [4.78, 5) is 8.66. The summed E-state index contributed by atoms with van der Waals surface area (Å²) in [5, 5.41) is 12.1. The zero-order chi connectivity index (χ0) is 14.1. The Balaban J connectivity index is 2.05. The van der Waals surface area contributed by atoms with Crippen LogP contribution in [0.4, 0.5) is 11.5 Å². The SMILES string of the molecule is N#Cc1ccc(Nc2nc(Br)cn3ccnc23)c(Br)c1. The van der Waals surface area contributed by atoms with E-state index in [0.29, 0.717) is 16.0 Å². The maximum atomic E-state index is 8.87. The van der Waals surface area contributed by atoms with Gasteiger partial charge in [0.15, 0.2) is 11.5 Å². The largest absolute Gasteiger partial charge is 0.336 e. The molecule has 0 aliphatic heterocycles. The van der Waals surface area contributed by atoms with Gasteiger partial charge in [-0.25, -0.2) is 9.97 Å². The van der Waals surface area contributed by atoms with Crippen LogP contribution in [0, 0.1) is 11.3 Å². The number of imidazole rings is 1. The number of halogens is 2. The number of anilines is 2. The minimum Gasteiger partial charge on any atom is -0.336 e. The van der Waals surface area contributed by atoms with Crippen LogP contribution >= 0.6 is 31.9 Å². The second-order valence-electron chi connectivity index (χ2n) is 4.00. The zero-order valence-corrected chi connectivity index (χ0v) is 13.2. The van der Waals surface area contributed by atoms with Crippen molar-refractivity contribution in [1.29, 1.82) is 5.26 Å². The summed E-state index contributed by atoms with van der Waals surface area (Å²) < 4.78 is 3.37. The molecule has 1 aromatic carbocycles. The normalized spacial score (nSPS) is 10.4. The minimum atomic E-state index is 0.593. The molecule has 0 radical (unpaired) electrons. The van der Waals surface area contributed by atoms with E-state index in [-0.39, 0.29) is 0 Å². The van der Waals surface area contributed by atoms with Gasteiger partial charge in [0, 0.05) is 23.1 Å². The molecular weight excluding hydrogens is 386 g/mol. The highest BCUT2D eigenvalue weighted by atomic mass is 79.9. The van der Waals surface area contributed by atoms with Gasteiger partial charge in [-0.2, -0.15) is 5.26 Å². The van der Waals surface area contributed by atoms with Crippen molar-refractivity contribution in [3.63, 3.8) is 0 Å². The Kier molecular flexibility index (Phi) is 3.42. The molecule has 2 heterocycles. The van der Waals surface area contributed by atoms with Crippen molar-refractivity contribution in [3.8, 4) is 6.07 Å². The molecule has 0 bridgehead atoms. The third-order valence-corrected chi connectivity index (χ3v) is 3.73. The topological polar surface area (TPSA) is 66.0 Å². The van der Waals surface area contributed by atoms with Crippen molar-refractivity contribution in [2.24, 2.45) is 0 Å². The van der Waals surface area contributed by atoms with Crippen molar-refractivity contribution in [2.75, 3.05) is 5.32 Å². The molecule has 0 aliphatic rings. The molecule has 1 N–H and O–H groups in total. The van der Waals surface area contributed by atoms with Gasteiger partial charge in [-0.1, -0.05) is 0 Å². The fourth-order valence-electron chi connectivity index (χ4n) is 1.80. The minimum absolute atomic E-state index is 0.593. The maximum Gasteiger partial charge on any atom is 0.180 e. The first-order chi connectivity index (χ1) is 9.67. The van der Waals surface area contributed by atoms with Gasteiger partial charge in [0.1, 0.15) is 4.60 Å². The van der Waals surface area contributed by atoms with Crippen LogP contribution in [0.5, 0.6) is 0 Å². The summed E-state index contributed by atoms with van der Waals surface area (Å²) in [7, 11) is 0. The van der Waals surface area contributed by atoms with Crippen molar-refractivity contribution in [2.45, 2.75) is 0 Å². The lowest BCUT2D eigenvalue weighted by Crippen LogP contribution is -1.99. The van der Waals surface area contributed by atoms with Crippen LogP contribution in [0.25, 0.3) is 5.65 Å². The molecule has 0 unspecified atom stereocenters. The molecule has 0 atom stereocenters. The molecule has 0 saturated carbocycles. The lowest BCUT2D eigenvalue weighted by molar-refractivity contribution is 1.10. The average Bonchev–Trinajstić information content (AvgIpc) is 2.89. The van der Waals surface area contributed by atoms with Gasteiger partial charge in [-0.15, -0.1) is 0 Å². The number of nitrogens with one attached hydrogen (secondary N) is 1. The lowest BCUT2D eigenvalue weighted by atomic mass is 10.2. The number of hydrogen-bond acceptors (Lipinski definition) is 4. The molecule has 3 rings (SSSR count). The average molecular weight is 393 g/mol. The highest BCUT2D eigenvalue weighted by Crippen LogP contribution is 2.28. The van der Waals surface area contributed by atoms with E-state index in [1.165, 1.54) is 0 Å². The van der Waals surface area contributed by atoms with E-state index in [1.54, 1.807) is 18.3 Å². The summed E-state index contributed by atoms with van der Waals surface area (Å²) in [6.45, 7) is 0. The zero-order valence-electron chi connectivity index (χ0n) is 10.0. The Morgan fingerprint density at radius 2 is 2.15 bits per heavy atom. The van der Waals surface area contributed by atoms with Crippen LogP contribution in [0.1, 0.15) is 5.56 Å². The third-order valence-electron chi connectivity index (χ3n) is 2.70. The summed E-state index contributed by atoms with van der Waals surface area (Å²) in [6, 6.07) is 7.42. The summed E-state index contributed by atoms with van der Waals surface area (Å²) >= 11 is 6.81. The van der Waals surface area contributed by atoms with Crippen LogP contribution < -0.4 is 5.32 Å². The quantitative estimate of drug-likeness (QED) is 0.718. The van der Waals surface area contributed by atoms with Gasteiger partial charge in [0.2, 0.25) is 0 Å². The standard InChI is InChI=1S/C13H7Br2N5/c14-9-5-8(6-16)1-2-10(9)18-12-13-17-3-4-20(13)7-11(15)19-12/h1-5,7H,(H,18,19). The van der Waals surface area contributed by atoms with Crippen LogP contribution in [-0.4, -0.2) is 14.4 Å². The van der Waals surface area contributed by atoms with Gasteiger partial charge < -0.3 is 9.72 Å². The van der Waals surface area contributed by atoms with Gasteiger partial charge in [0.25, 0.3) is 0 Å². The van der Waals surface area contributed by atoms with Crippen molar-refractivity contribution in [3.05, 3.63) is 51.4 Å². The van der Waals surface area contributed by atoms with E-state index in [1.807, 2.05) is 22.9 Å². The van der Waals surface area contributed by atoms with E-state index in [4.69, 9.17) is 5.26 Å². The van der Waals surface area contributed by atoms with Gasteiger partial charge >= 0.3 is 0 Å². The summed E-state index contributed by atoms with van der Waals surface area (Å²) in [5.41, 5.74) is 2.14. The first-order valence-corrected chi connectivity index (χ1v) is 7.22. The van der Waals surface area contributed by atoms with E-state index in [9.17, 15) is 0 Å². The first-order valence-electron chi connectivity index (χ1n) is 5.63. The predicted octanol–water partition coefficient (Wildman–Crippen LogP) is 3.87. The van der Waals surface area contributed by atoms with Gasteiger partial charge in [0.05, 0.1) is 17.3 Å². The van der Waals surface area contributed by atoms with E-state index in [2.05, 4.69) is 53.2 Å². The summed E-state index contributed by atoms with van der Waals surface area (Å²) in [6.07, 6.45) is 5.39. The Morgan fingerprint density at radius 3 is 2.90 bits per heavy atom. The number of fused-ring (bicyclic) bond motifs is 1. The van der Waals surface area contributed by atoms with E-state index >= 15 is 0 Å². The molecular formula is C13H7Br2N5. The highest BCUT2D eigenvalue weighted by molar-refractivity contribution is 9.10. The molecule has 0 aliphatic carbocycles. The molecule has 7 heteroatoms. The van der Waals surface area contributed by atoms with Gasteiger partial charge in [-0.05, 0) is 50.1 Å². The van der Waals surface area contributed by atoms with E-state index < -0.39 is 0 Å². The fraction of sp³-hybridized carbons (Fsp3) is 0. The first kappa shape index (κ1) is 13.1. The lowest BCUT2D eigenvalue weighted by Gasteiger charge is -2.09. The van der Waals surface area contributed by atoms with Crippen LogP contribution in [0.15, 0.2) is 45.9 Å². The van der Waals surface area contributed by atoms with Crippen molar-refractivity contribution >= 4 is 49.0 Å². The van der Waals surface area contributed by atoms with E-state index in [0.717, 1.165) is 15.8 Å². The van der Waals surface area contributed by atoms with Crippen molar-refractivity contribution in [1.82, 2.24) is 14.4 Å². The molecule has 20 heavy (non-hydrogen) atoms. The summed E-state index contributed by atoms with van der Waals surface area (Å²) in [5.74, 6) is 0.634. The van der Waals surface area contributed by atoms with Crippen molar-refractivity contribution < 1.29 is 0 Å². The number of rotatable bonds is 2. The highest BCUT2D eigenvalue weighted by Gasteiger charge is 2.09.